The standard InChI is InChI=1S/C14H17ClN2O2S/c1-9(13(19)16(2)3)17-12(18)8-20-14(17)10-6-4-5-7-11(10)15/h4-7,9,14H,8H2,1-3H3/t9-,14-/m1/s1. The summed E-state index contributed by atoms with van der Waals surface area (Å²) in [6, 6.07) is 6.96. The van der Waals surface area contributed by atoms with Crippen molar-refractivity contribution < 1.29 is 9.59 Å². The predicted octanol–water partition coefficient (Wildman–Crippen LogP) is 2.39. The van der Waals surface area contributed by atoms with Gasteiger partial charge in [0.25, 0.3) is 0 Å². The molecule has 6 heteroatoms. The van der Waals surface area contributed by atoms with Gasteiger partial charge >= 0.3 is 0 Å². The minimum Gasteiger partial charge on any atom is -0.347 e. The highest BCUT2D eigenvalue weighted by molar-refractivity contribution is 8.00. The van der Waals surface area contributed by atoms with Gasteiger partial charge < -0.3 is 9.80 Å². The summed E-state index contributed by atoms with van der Waals surface area (Å²) in [6.45, 7) is 1.76. The molecule has 2 atom stereocenters. The number of hydrogen-bond acceptors (Lipinski definition) is 3. The number of likely N-dealkylation sites (N-methyl/N-ethyl adjacent to an activating group) is 1. The first kappa shape index (κ1) is 15.2. The van der Waals surface area contributed by atoms with Gasteiger partial charge in [0.05, 0.1) is 5.75 Å². The average Bonchev–Trinajstić information content (AvgIpc) is 2.79. The molecule has 1 aromatic rings. The van der Waals surface area contributed by atoms with E-state index < -0.39 is 6.04 Å². The molecule has 1 saturated heterocycles. The summed E-state index contributed by atoms with van der Waals surface area (Å²) in [5, 5.41) is 0.421. The summed E-state index contributed by atoms with van der Waals surface area (Å²) in [6.07, 6.45) is 0. The number of carbonyl (C=O) groups is 2. The molecule has 0 bridgehead atoms. The van der Waals surface area contributed by atoms with E-state index >= 15 is 0 Å². The van der Waals surface area contributed by atoms with Crippen LogP contribution in [0.25, 0.3) is 0 Å². The molecule has 0 aliphatic carbocycles. The zero-order valence-corrected chi connectivity index (χ0v) is 13.2. The van der Waals surface area contributed by atoms with Gasteiger partial charge in [0.1, 0.15) is 11.4 Å². The van der Waals surface area contributed by atoms with Crippen molar-refractivity contribution >= 4 is 35.2 Å². The molecular formula is C14H17ClN2O2S. The second-order valence-electron chi connectivity index (χ2n) is 4.89. The SMILES string of the molecule is C[C@H](C(=O)N(C)C)N1C(=O)CS[C@@H]1c1ccccc1Cl. The average molecular weight is 313 g/mol. The third kappa shape index (κ3) is 2.79. The molecule has 0 N–H and O–H groups in total. The van der Waals surface area contributed by atoms with E-state index in [2.05, 4.69) is 0 Å². The molecule has 0 spiro atoms. The Kier molecular flexibility index (Phi) is 4.60. The number of nitrogens with zero attached hydrogens (tertiary/aromatic N) is 2. The molecule has 0 unspecified atom stereocenters. The third-order valence-electron chi connectivity index (χ3n) is 3.29. The molecular weight excluding hydrogens is 296 g/mol. The van der Waals surface area contributed by atoms with E-state index in [0.717, 1.165) is 5.56 Å². The lowest BCUT2D eigenvalue weighted by Gasteiger charge is -2.31. The lowest BCUT2D eigenvalue weighted by molar-refractivity contribution is -0.142. The zero-order valence-electron chi connectivity index (χ0n) is 11.7. The van der Waals surface area contributed by atoms with E-state index in [1.54, 1.807) is 32.0 Å². The van der Waals surface area contributed by atoms with Gasteiger partial charge in [-0.25, -0.2) is 0 Å². The lowest BCUT2D eigenvalue weighted by Crippen LogP contribution is -2.46. The van der Waals surface area contributed by atoms with Crippen LogP contribution in [0.2, 0.25) is 5.02 Å². The van der Waals surface area contributed by atoms with Gasteiger partial charge in [-0.3, -0.25) is 9.59 Å². The number of thioether (sulfide) groups is 1. The molecule has 0 aromatic heterocycles. The minimum absolute atomic E-state index is 0.0254. The van der Waals surface area contributed by atoms with Crippen LogP contribution in [-0.4, -0.2) is 47.5 Å². The Bertz CT molecular complexity index is 536. The van der Waals surface area contributed by atoms with Crippen LogP contribution < -0.4 is 0 Å². The van der Waals surface area contributed by atoms with Crippen molar-refractivity contribution in [3.05, 3.63) is 34.9 Å². The molecule has 0 radical (unpaired) electrons. The van der Waals surface area contributed by atoms with Crippen molar-refractivity contribution in [1.82, 2.24) is 9.80 Å². The van der Waals surface area contributed by atoms with E-state index in [1.165, 1.54) is 16.7 Å². The number of carbonyl (C=O) groups excluding carboxylic acids is 2. The van der Waals surface area contributed by atoms with Gasteiger partial charge in [-0.1, -0.05) is 29.8 Å². The third-order valence-corrected chi connectivity index (χ3v) is 4.85. The second-order valence-corrected chi connectivity index (χ2v) is 6.37. The van der Waals surface area contributed by atoms with Crippen LogP contribution in [0.4, 0.5) is 0 Å². The summed E-state index contributed by atoms with van der Waals surface area (Å²) < 4.78 is 0. The first-order chi connectivity index (χ1) is 9.43. The minimum atomic E-state index is -0.492. The van der Waals surface area contributed by atoms with Crippen molar-refractivity contribution in [2.45, 2.75) is 18.3 Å². The molecule has 1 aromatic carbocycles. The van der Waals surface area contributed by atoms with Crippen LogP contribution in [0.3, 0.4) is 0 Å². The first-order valence-electron chi connectivity index (χ1n) is 6.32. The van der Waals surface area contributed by atoms with E-state index in [1.807, 2.05) is 18.2 Å². The van der Waals surface area contributed by atoms with Gasteiger partial charge in [-0.05, 0) is 13.0 Å². The van der Waals surface area contributed by atoms with Crippen molar-refractivity contribution in [2.24, 2.45) is 0 Å². The van der Waals surface area contributed by atoms with Crippen LogP contribution in [0.15, 0.2) is 24.3 Å². The zero-order chi connectivity index (χ0) is 14.9. The van der Waals surface area contributed by atoms with Crippen LogP contribution >= 0.6 is 23.4 Å². The number of hydrogen-bond donors (Lipinski definition) is 0. The van der Waals surface area contributed by atoms with Gasteiger partial charge in [0.2, 0.25) is 11.8 Å². The Morgan fingerprint density at radius 1 is 1.45 bits per heavy atom. The van der Waals surface area contributed by atoms with Crippen molar-refractivity contribution in [3.8, 4) is 0 Å². The topological polar surface area (TPSA) is 40.6 Å². The molecule has 20 heavy (non-hydrogen) atoms. The Hall–Kier alpha value is -1.20. The number of rotatable bonds is 3. The summed E-state index contributed by atoms with van der Waals surface area (Å²) in [4.78, 5) is 27.4. The summed E-state index contributed by atoms with van der Waals surface area (Å²) in [5.41, 5.74) is 0.878. The molecule has 1 fully saturated rings. The van der Waals surface area contributed by atoms with Crippen molar-refractivity contribution in [3.63, 3.8) is 0 Å². The van der Waals surface area contributed by atoms with Crippen LogP contribution in [0.5, 0.6) is 0 Å². The normalized spacial score (nSPS) is 20.1. The Morgan fingerprint density at radius 3 is 2.70 bits per heavy atom. The monoisotopic (exact) mass is 312 g/mol. The Labute approximate surface area is 128 Å². The van der Waals surface area contributed by atoms with Crippen LogP contribution in [0, 0.1) is 0 Å². The molecule has 1 aliphatic rings. The maximum Gasteiger partial charge on any atom is 0.244 e. The van der Waals surface area contributed by atoms with Crippen LogP contribution in [-0.2, 0) is 9.59 Å². The molecule has 108 valence electrons. The fraction of sp³-hybridized carbons (Fsp3) is 0.429. The van der Waals surface area contributed by atoms with Crippen molar-refractivity contribution in [1.29, 1.82) is 0 Å². The largest absolute Gasteiger partial charge is 0.347 e. The smallest absolute Gasteiger partial charge is 0.244 e. The maximum atomic E-state index is 12.1. The quantitative estimate of drug-likeness (QED) is 0.860. The van der Waals surface area contributed by atoms with E-state index in [-0.39, 0.29) is 17.2 Å². The van der Waals surface area contributed by atoms with Crippen LogP contribution in [0.1, 0.15) is 17.9 Å². The summed E-state index contributed by atoms with van der Waals surface area (Å²) >= 11 is 7.72. The molecule has 2 rings (SSSR count). The predicted molar refractivity (Wildman–Crippen MR) is 81.7 cm³/mol. The molecule has 1 aliphatic heterocycles. The highest BCUT2D eigenvalue weighted by atomic mass is 35.5. The molecule has 1 heterocycles. The van der Waals surface area contributed by atoms with Gasteiger partial charge in [-0.2, -0.15) is 0 Å². The van der Waals surface area contributed by atoms with E-state index in [9.17, 15) is 9.59 Å². The van der Waals surface area contributed by atoms with Gasteiger partial charge in [0.15, 0.2) is 0 Å². The summed E-state index contributed by atoms with van der Waals surface area (Å²) in [5.74, 6) is 0.265. The Balaban J connectivity index is 2.32. The van der Waals surface area contributed by atoms with E-state index in [4.69, 9.17) is 11.6 Å². The lowest BCUT2D eigenvalue weighted by atomic mass is 10.1. The highest BCUT2D eigenvalue weighted by Gasteiger charge is 2.39. The Morgan fingerprint density at radius 2 is 2.10 bits per heavy atom. The molecule has 2 amide bonds. The second kappa shape index (κ2) is 6.06. The maximum absolute atomic E-state index is 12.1. The number of halogens is 1. The molecule has 4 nitrogen and oxygen atoms in total. The van der Waals surface area contributed by atoms with Gasteiger partial charge in [-0.15, -0.1) is 11.8 Å². The fourth-order valence-electron chi connectivity index (χ4n) is 2.26. The highest BCUT2D eigenvalue weighted by Crippen LogP contribution is 2.42. The van der Waals surface area contributed by atoms with E-state index in [0.29, 0.717) is 10.8 Å². The van der Waals surface area contributed by atoms with Crippen molar-refractivity contribution in [2.75, 3.05) is 19.8 Å². The number of benzene rings is 1. The first-order valence-corrected chi connectivity index (χ1v) is 7.74. The summed E-state index contributed by atoms with van der Waals surface area (Å²) in [7, 11) is 3.38. The number of amides is 2. The molecule has 0 saturated carbocycles. The fourth-order valence-corrected chi connectivity index (χ4v) is 3.86. The van der Waals surface area contributed by atoms with Gasteiger partial charge in [0, 0.05) is 24.7 Å².